The van der Waals surface area contributed by atoms with Crippen LogP contribution in [0.15, 0.2) is 59.6 Å². The second kappa shape index (κ2) is 8.01. The number of benzene rings is 2. The molecule has 3 rings (SSSR count). The molecule has 0 aliphatic rings. The summed E-state index contributed by atoms with van der Waals surface area (Å²) in [5, 5.41) is 11.5. The Morgan fingerprint density at radius 3 is 2.48 bits per heavy atom. The highest BCUT2D eigenvalue weighted by atomic mass is 32.1. The van der Waals surface area contributed by atoms with Crippen molar-refractivity contribution >= 4 is 34.7 Å². The van der Waals surface area contributed by atoms with Gasteiger partial charge in [0, 0.05) is 16.1 Å². The Morgan fingerprint density at radius 2 is 1.89 bits per heavy atom. The first-order valence-electron chi connectivity index (χ1n) is 8.32. The molecule has 0 atom stereocenters. The summed E-state index contributed by atoms with van der Waals surface area (Å²) in [7, 11) is 1.60. The number of aryl methyl sites for hydroxylation is 1. The largest absolute Gasteiger partial charge is 0.494 e. The Labute approximate surface area is 161 Å². The molecule has 2 aromatic carbocycles. The summed E-state index contributed by atoms with van der Waals surface area (Å²) in [6.07, 6.45) is 0. The molecule has 0 fully saturated rings. The molecule has 0 unspecified atom stereocenters. The number of carbonyl (C=O) groups is 1. The number of ketones is 1. The average molecular weight is 380 g/mol. The maximum Gasteiger partial charge on any atom is 0.223 e. The third-order valence-corrected chi connectivity index (χ3v) is 4.80. The Bertz CT molecular complexity index is 1050. The third-order valence-electron chi connectivity index (χ3n) is 3.85. The SMILES string of the molecule is COc1ccccc1N=C(Nc1ccc(C(C)=O)cc1)n1sc(C)cc1=N. The molecule has 0 bridgehead atoms. The topological polar surface area (TPSA) is 79.5 Å². The molecule has 7 heteroatoms. The number of hydrogen-bond donors (Lipinski definition) is 2. The van der Waals surface area contributed by atoms with Gasteiger partial charge in [0.15, 0.2) is 5.78 Å². The zero-order valence-electron chi connectivity index (χ0n) is 15.3. The van der Waals surface area contributed by atoms with Crippen LogP contribution in [0.4, 0.5) is 11.4 Å². The number of rotatable bonds is 4. The number of carbonyl (C=O) groups excluding carboxylic acids is 1. The first kappa shape index (κ1) is 18.6. The van der Waals surface area contributed by atoms with Crippen LogP contribution in [0.25, 0.3) is 0 Å². The zero-order valence-corrected chi connectivity index (χ0v) is 16.1. The second-order valence-electron chi connectivity index (χ2n) is 5.89. The van der Waals surface area contributed by atoms with Crippen LogP contribution in [0.3, 0.4) is 0 Å². The number of aliphatic imine (C=N–C) groups is 1. The molecule has 2 N–H and O–H groups in total. The van der Waals surface area contributed by atoms with E-state index in [1.165, 1.54) is 18.5 Å². The number of Topliss-reactive ketones (excluding diaryl/α,β-unsaturated/α-hetero) is 1. The lowest BCUT2D eigenvalue weighted by atomic mass is 10.1. The molecule has 0 aliphatic heterocycles. The molecular weight excluding hydrogens is 360 g/mol. The van der Waals surface area contributed by atoms with Crippen molar-refractivity contribution in [1.29, 1.82) is 5.41 Å². The maximum atomic E-state index is 11.5. The van der Waals surface area contributed by atoms with E-state index in [2.05, 4.69) is 5.32 Å². The highest BCUT2D eigenvalue weighted by Crippen LogP contribution is 2.27. The number of para-hydroxylation sites is 2. The van der Waals surface area contributed by atoms with Crippen molar-refractivity contribution < 1.29 is 9.53 Å². The van der Waals surface area contributed by atoms with Crippen LogP contribution in [0.5, 0.6) is 5.75 Å². The van der Waals surface area contributed by atoms with E-state index < -0.39 is 0 Å². The first-order valence-corrected chi connectivity index (χ1v) is 9.10. The van der Waals surface area contributed by atoms with E-state index in [1.807, 2.05) is 43.3 Å². The van der Waals surface area contributed by atoms with E-state index in [4.69, 9.17) is 15.1 Å². The van der Waals surface area contributed by atoms with Crippen molar-refractivity contribution in [2.45, 2.75) is 13.8 Å². The molecule has 3 aromatic rings. The average Bonchev–Trinajstić information content (AvgIpc) is 3.00. The lowest BCUT2D eigenvalue weighted by molar-refractivity contribution is 0.101. The molecule has 138 valence electrons. The van der Waals surface area contributed by atoms with E-state index in [0.29, 0.717) is 28.4 Å². The monoisotopic (exact) mass is 380 g/mol. The predicted octanol–water partition coefficient (Wildman–Crippen LogP) is 4.20. The number of hydrogen-bond acceptors (Lipinski definition) is 5. The molecule has 0 aliphatic carbocycles. The van der Waals surface area contributed by atoms with Crippen molar-refractivity contribution in [2.75, 3.05) is 12.4 Å². The number of anilines is 1. The Balaban J connectivity index is 2.05. The summed E-state index contributed by atoms with van der Waals surface area (Å²) in [5.74, 6) is 1.14. The normalized spacial score (nSPS) is 11.3. The van der Waals surface area contributed by atoms with Gasteiger partial charge >= 0.3 is 0 Å². The van der Waals surface area contributed by atoms with E-state index in [9.17, 15) is 4.79 Å². The van der Waals surface area contributed by atoms with Crippen molar-refractivity contribution in [3.63, 3.8) is 0 Å². The number of aromatic nitrogens is 1. The molecule has 1 heterocycles. The van der Waals surface area contributed by atoms with Gasteiger partial charge in [0.1, 0.15) is 16.9 Å². The summed E-state index contributed by atoms with van der Waals surface area (Å²) in [6.45, 7) is 3.48. The summed E-state index contributed by atoms with van der Waals surface area (Å²) in [4.78, 5) is 17.2. The van der Waals surface area contributed by atoms with E-state index in [-0.39, 0.29) is 5.78 Å². The van der Waals surface area contributed by atoms with Gasteiger partial charge in [0.25, 0.3) is 0 Å². The Kier molecular flexibility index (Phi) is 5.52. The van der Waals surface area contributed by atoms with Gasteiger partial charge in [-0.3, -0.25) is 10.2 Å². The fraction of sp³-hybridized carbons (Fsp3) is 0.150. The minimum atomic E-state index is 0.0150. The van der Waals surface area contributed by atoms with Gasteiger partial charge in [0.05, 0.1) is 7.11 Å². The van der Waals surface area contributed by atoms with Crippen LogP contribution in [-0.4, -0.2) is 22.8 Å². The minimum absolute atomic E-state index is 0.0150. The first-order chi connectivity index (χ1) is 13.0. The number of nitrogens with one attached hydrogen (secondary N) is 2. The molecule has 0 saturated carbocycles. The molecule has 1 aromatic heterocycles. The van der Waals surface area contributed by atoms with Crippen LogP contribution in [-0.2, 0) is 0 Å². The minimum Gasteiger partial charge on any atom is -0.494 e. The highest BCUT2D eigenvalue weighted by Gasteiger charge is 2.10. The standard InChI is InChI=1S/C20H20N4O2S/c1-13-12-19(21)24(27-13)20(23-17-6-4-5-7-18(17)26-3)22-16-10-8-15(9-11-16)14(2)25/h4-12,21H,1-3H3,(H,22,23). The molecule has 27 heavy (non-hydrogen) atoms. The summed E-state index contributed by atoms with van der Waals surface area (Å²) < 4.78 is 7.09. The molecular formula is C20H20N4O2S. The fourth-order valence-electron chi connectivity index (χ4n) is 2.51. The van der Waals surface area contributed by atoms with Gasteiger partial charge in [0.2, 0.25) is 5.96 Å². The summed E-state index contributed by atoms with van der Waals surface area (Å²) >= 11 is 1.42. The van der Waals surface area contributed by atoms with Crippen LogP contribution in [0.1, 0.15) is 22.2 Å². The third kappa shape index (κ3) is 4.32. The Morgan fingerprint density at radius 1 is 1.19 bits per heavy atom. The summed E-state index contributed by atoms with van der Waals surface area (Å²) in [6, 6.07) is 16.4. The predicted molar refractivity (Wildman–Crippen MR) is 108 cm³/mol. The smallest absolute Gasteiger partial charge is 0.223 e. The van der Waals surface area contributed by atoms with Crippen molar-refractivity contribution in [2.24, 2.45) is 4.99 Å². The summed E-state index contributed by atoms with van der Waals surface area (Å²) in [5.41, 5.74) is 2.40. The molecule has 0 radical (unpaired) electrons. The van der Waals surface area contributed by atoms with E-state index in [1.54, 1.807) is 29.3 Å². The van der Waals surface area contributed by atoms with E-state index >= 15 is 0 Å². The fourth-order valence-corrected chi connectivity index (χ4v) is 3.28. The lowest BCUT2D eigenvalue weighted by Gasteiger charge is -2.12. The molecule has 0 saturated heterocycles. The van der Waals surface area contributed by atoms with Gasteiger partial charge in [-0.25, -0.2) is 8.95 Å². The highest BCUT2D eigenvalue weighted by molar-refractivity contribution is 7.07. The van der Waals surface area contributed by atoms with Crippen molar-refractivity contribution in [3.8, 4) is 5.75 Å². The number of ether oxygens (including phenoxy) is 1. The van der Waals surface area contributed by atoms with Crippen molar-refractivity contribution in [1.82, 2.24) is 3.96 Å². The van der Waals surface area contributed by atoms with Crippen LogP contribution in [0, 0.1) is 12.3 Å². The van der Waals surface area contributed by atoms with Crippen LogP contribution in [0.2, 0.25) is 0 Å². The van der Waals surface area contributed by atoms with E-state index in [0.717, 1.165) is 10.6 Å². The van der Waals surface area contributed by atoms with Gasteiger partial charge in [-0.15, -0.1) is 0 Å². The van der Waals surface area contributed by atoms with Gasteiger partial charge < -0.3 is 10.1 Å². The Hall–Kier alpha value is -3.19. The second-order valence-corrected chi connectivity index (χ2v) is 7.08. The van der Waals surface area contributed by atoms with Gasteiger partial charge in [-0.05, 0) is 56.3 Å². The number of nitrogens with zero attached hydrogens (tertiary/aromatic N) is 2. The maximum absolute atomic E-state index is 11.5. The van der Waals surface area contributed by atoms with Gasteiger partial charge in [-0.2, -0.15) is 0 Å². The molecule has 0 spiro atoms. The lowest BCUT2D eigenvalue weighted by Crippen LogP contribution is -2.28. The molecule has 6 nitrogen and oxygen atoms in total. The van der Waals surface area contributed by atoms with Crippen molar-refractivity contribution in [3.05, 3.63) is 70.5 Å². The molecule has 0 amide bonds. The van der Waals surface area contributed by atoms with Gasteiger partial charge in [-0.1, -0.05) is 23.7 Å². The zero-order chi connectivity index (χ0) is 19.4. The van der Waals surface area contributed by atoms with Crippen LogP contribution < -0.4 is 15.5 Å². The quantitative estimate of drug-likeness (QED) is 0.404. The van der Waals surface area contributed by atoms with Crippen LogP contribution >= 0.6 is 11.5 Å². The number of methoxy groups -OCH3 is 1.